The standard InChI is InChI=1S/C26H28N2O5S/c1-31-19-4-2-5-20(14-19)33-17-22-21-10-13-34-24(21)9-11-28(22)25(29)16-27(15-18-7-8-18)26(30)23-6-3-12-32-23/h2-6,10,12-14,18,22H,7-9,11,15-17H2,1H3/t22-/m1/s1. The fourth-order valence-corrected chi connectivity index (χ4v) is 5.31. The van der Waals surface area contributed by atoms with E-state index in [1.807, 2.05) is 29.2 Å². The van der Waals surface area contributed by atoms with Crippen molar-refractivity contribution < 1.29 is 23.5 Å². The summed E-state index contributed by atoms with van der Waals surface area (Å²) in [7, 11) is 1.62. The molecule has 1 aliphatic carbocycles. The Morgan fingerprint density at radius 2 is 2.03 bits per heavy atom. The quantitative estimate of drug-likeness (QED) is 0.454. The number of carbonyl (C=O) groups is 2. The summed E-state index contributed by atoms with van der Waals surface area (Å²) >= 11 is 1.71. The summed E-state index contributed by atoms with van der Waals surface area (Å²) in [6.45, 7) is 1.54. The topological polar surface area (TPSA) is 72.2 Å². The Morgan fingerprint density at radius 3 is 2.79 bits per heavy atom. The third-order valence-electron chi connectivity index (χ3n) is 6.39. The lowest BCUT2D eigenvalue weighted by Crippen LogP contribution is -2.48. The second-order valence-electron chi connectivity index (χ2n) is 8.75. The summed E-state index contributed by atoms with van der Waals surface area (Å²) < 4.78 is 16.7. The molecule has 0 bridgehead atoms. The summed E-state index contributed by atoms with van der Waals surface area (Å²) in [5.41, 5.74) is 1.12. The molecule has 0 spiro atoms. The summed E-state index contributed by atoms with van der Waals surface area (Å²) in [5.74, 6) is 1.84. The predicted octanol–water partition coefficient (Wildman–Crippen LogP) is 4.41. The zero-order valence-electron chi connectivity index (χ0n) is 19.1. The van der Waals surface area contributed by atoms with Crippen LogP contribution in [0.2, 0.25) is 0 Å². The fourth-order valence-electron chi connectivity index (χ4n) is 4.38. The molecule has 5 rings (SSSR count). The van der Waals surface area contributed by atoms with Crippen molar-refractivity contribution in [3.63, 3.8) is 0 Å². The number of hydrogen-bond donors (Lipinski definition) is 0. The van der Waals surface area contributed by atoms with E-state index in [1.54, 1.807) is 35.5 Å². The van der Waals surface area contributed by atoms with Crippen molar-refractivity contribution in [3.8, 4) is 11.5 Å². The van der Waals surface area contributed by atoms with Crippen LogP contribution in [0.1, 0.15) is 39.9 Å². The van der Waals surface area contributed by atoms with Gasteiger partial charge in [0.25, 0.3) is 5.91 Å². The van der Waals surface area contributed by atoms with Crippen LogP contribution in [0.4, 0.5) is 0 Å². The van der Waals surface area contributed by atoms with Gasteiger partial charge in [0.2, 0.25) is 5.91 Å². The minimum atomic E-state index is -0.234. The first-order valence-corrected chi connectivity index (χ1v) is 12.5. The zero-order chi connectivity index (χ0) is 23.5. The molecule has 3 heterocycles. The maximum atomic E-state index is 13.6. The zero-order valence-corrected chi connectivity index (χ0v) is 20.0. The van der Waals surface area contributed by atoms with E-state index in [4.69, 9.17) is 13.9 Å². The number of benzene rings is 1. The van der Waals surface area contributed by atoms with Gasteiger partial charge in [-0.1, -0.05) is 6.07 Å². The summed E-state index contributed by atoms with van der Waals surface area (Å²) in [4.78, 5) is 31.4. The van der Waals surface area contributed by atoms with Crippen molar-refractivity contribution in [1.82, 2.24) is 9.80 Å². The molecule has 1 aromatic carbocycles. The van der Waals surface area contributed by atoms with Gasteiger partial charge in [-0.25, -0.2) is 0 Å². The van der Waals surface area contributed by atoms with Gasteiger partial charge in [-0.15, -0.1) is 11.3 Å². The Balaban J connectivity index is 1.33. The number of amides is 2. The minimum absolute atomic E-state index is 0.0329. The van der Waals surface area contributed by atoms with Gasteiger partial charge < -0.3 is 23.7 Å². The summed E-state index contributed by atoms with van der Waals surface area (Å²) in [5, 5.41) is 2.07. The Kier molecular flexibility index (Phi) is 6.58. The van der Waals surface area contributed by atoms with Gasteiger partial charge in [0.05, 0.1) is 19.4 Å². The molecule has 178 valence electrons. The summed E-state index contributed by atoms with van der Waals surface area (Å²) in [6.07, 6.45) is 4.48. The molecule has 1 saturated carbocycles. The molecule has 34 heavy (non-hydrogen) atoms. The van der Waals surface area contributed by atoms with E-state index in [1.165, 1.54) is 11.1 Å². The predicted molar refractivity (Wildman–Crippen MR) is 128 cm³/mol. The van der Waals surface area contributed by atoms with Crippen LogP contribution in [-0.4, -0.2) is 55.0 Å². The van der Waals surface area contributed by atoms with Gasteiger partial charge in [-0.2, -0.15) is 0 Å². The van der Waals surface area contributed by atoms with E-state index in [9.17, 15) is 9.59 Å². The van der Waals surface area contributed by atoms with Gasteiger partial charge >= 0.3 is 0 Å². The maximum absolute atomic E-state index is 13.6. The van der Waals surface area contributed by atoms with Crippen LogP contribution in [0.25, 0.3) is 0 Å². The molecule has 1 aliphatic heterocycles. The molecular weight excluding hydrogens is 452 g/mol. The molecule has 2 aromatic heterocycles. The number of ether oxygens (including phenoxy) is 2. The SMILES string of the molecule is COc1cccc(OC[C@@H]2c3ccsc3CCN2C(=O)CN(CC2CC2)C(=O)c2ccco2)c1. The minimum Gasteiger partial charge on any atom is -0.497 e. The molecule has 2 aliphatic rings. The molecule has 7 nitrogen and oxygen atoms in total. The largest absolute Gasteiger partial charge is 0.497 e. The third kappa shape index (κ3) is 4.97. The Bertz CT molecular complexity index is 1140. The number of methoxy groups -OCH3 is 1. The first-order valence-electron chi connectivity index (χ1n) is 11.6. The van der Waals surface area contributed by atoms with Crippen molar-refractivity contribution in [2.24, 2.45) is 5.92 Å². The lowest BCUT2D eigenvalue weighted by molar-refractivity contribution is -0.135. The molecule has 3 aromatic rings. The molecule has 0 saturated heterocycles. The molecule has 1 fully saturated rings. The molecule has 0 unspecified atom stereocenters. The smallest absolute Gasteiger partial charge is 0.290 e. The second kappa shape index (κ2) is 9.93. The van der Waals surface area contributed by atoms with Gasteiger partial charge in [0.1, 0.15) is 24.7 Å². The Hall–Kier alpha value is -3.26. The van der Waals surface area contributed by atoms with E-state index in [0.29, 0.717) is 31.4 Å². The van der Waals surface area contributed by atoms with Crippen molar-refractivity contribution >= 4 is 23.2 Å². The van der Waals surface area contributed by atoms with E-state index >= 15 is 0 Å². The molecule has 0 radical (unpaired) electrons. The molecular formula is C26H28N2O5S. The normalized spacial score (nSPS) is 17.2. The Morgan fingerprint density at radius 1 is 1.18 bits per heavy atom. The molecule has 1 atom stereocenters. The van der Waals surface area contributed by atoms with E-state index < -0.39 is 0 Å². The van der Waals surface area contributed by atoms with E-state index in [-0.39, 0.29) is 30.2 Å². The van der Waals surface area contributed by atoms with Crippen LogP contribution < -0.4 is 9.47 Å². The highest BCUT2D eigenvalue weighted by molar-refractivity contribution is 7.10. The van der Waals surface area contributed by atoms with E-state index in [2.05, 4.69) is 11.4 Å². The average Bonchev–Trinajstić information content (AvgIpc) is 3.30. The number of rotatable bonds is 9. The van der Waals surface area contributed by atoms with Crippen LogP contribution in [0.15, 0.2) is 58.5 Å². The highest BCUT2D eigenvalue weighted by atomic mass is 32.1. The first kappa shape index (κ1) is 22.5. The van der Waals surface area contributed by atoms with Crippen molar-refractivity contribution in [1.29, 1.82) is 0 Å². The van der Waals surface area contributed by atoms with Crippen LogP contribution in [0.5, 0.6) is 11.5 Å². The molecule has 8 heteroatoms. The van der Waals surface area contributed by atoms with Gasteiger partial charge in [0, 0.05) is 24.0 Å². The van der Waals surface area contributed by atoms with Crippen LogP contribution in [0.3, 0.4) is 0 Å². The first-order chi connectivity index (χ1) is 16.6. The van der Waals surface area contributed by atoms with Crippen LogP contribution in [-0.2, 0) is 11.2 Å². The number of nitrogens with zero attached hydrogens (tertiary/aromatic N) is 2. The maximum Gasteiger partial charge on any atom is 0.290 e. The lowest BCUT2D eigenvalue weighted by atomic mass is 10.0. The number of fused-ring (bicyclic) bond motifs is 1. The third-order valence-corrected chi connectivity index (χ3v) is 7.38. The van der Waals surface area contributed by atoms with Gasteiger partial charge in [-0.3, -0.25) is 9.59 Å². The average molecular weight is 481 g/mol. The summed E-state index contributed by atoms with van der Waals surface area (Å²) in [6, 6.07) is 12.7. The van der Waals surface area contributed by atoms with Crippen LogP contribution >= 0.6 is 11.3 Å². The number of carbonyl (C=O) groups excluding carboxylic acids is 2. The second-order valence-corrected chi connectivity index (χ2v) is 9.75. The fraction of sp³-hybridized carbons (Fsp3) is 0.385. The highest BCUT2D eigenvalue weighted by Crippen LogP contribution is 2.35. The Labute approximate surface area is 202 Å². The monoisotopic (exact) mass is 480 g/mol. The van der Waals surface area contributed by atoms with Crippen LogP contribution in [0, 0.1) is 5.92 Å². The van der Waals surface area contributed by atoms with Crippen molar-refractivity contribution in [2.75, 3.05) is 33.4 Å². The van der Waals surface area contributed by atoms with Crippen molar-refractivity contribution in [3.05, 3.63) is 70.3 Å². The number of thiophene rings is 1. The van der Waals surface area contributed by atoms with Crippen molar-refractivity contribution in [2.45, 2.75) is 25.3 Å². The van der Waals surface area contributed by atoms with Gasteiger partial charge in [0.15, 0.2) is 5.76 Å². The highest BCUT2D eigenvalue weighted by Gasteiger charge is 2.35. The number of furan rings is 1. The molecule has 2 amide bonds. The van der Waals surface area contributed by atoms with E-state index in [0.717, 1.165) is 30.6 Å². The molecule has 0 N–H and O–H groups in total. The van der Waals surface area contributed by atoms with Gasteiger partial charge in [-0.05, 0) is 66.5 Å². The number of hydrogen-bond acceptors (Lipinski definition) is 6. The lowest BCUT2D eigenvalue weighted by Gasteiger charge is -2.37.